The van der Waals surface area contributed by atoms with Crippen LogP contribution in [0.3, 0.4) is 0 Å². The Morgan fingerprint density at radius 3 is 1.31 bits per heavy atom. The van der Waals surface area contributed by atoms with E-state index in [0.717, 1.165) is 0 Å². The molecule has 1 heterocycles. The summed E-state index contributed by atoms with van der Waals surface area (Å²) in [6.07, 6.45) is -38.5. The van der Waals surface area contributed by atoms with Crippen molar-refractivity contribution < 1.29 is 88.9 Å². The molecule has 0 aromatic carbocycles. The summed E-state index contributed by atoms with van der Waals surface area (Å²) in [6.45, 7) is -1.66. The Morgan fingerprint density at radius 1 is 0.543 bits per heavy atom. The van der Waals surface area contributed by atoms with Gasteiger partial charge in [-0.1, -0.05) is 0 Å². The number of alkyl halides is 17. The summed E-state index contributed by atoms with van der Waals surface area (Å²) in [5, 5.41) is 0. The first-order valence-corrected chi connectivity index (χ1v) is 8.59. The summed E-state index contributed by atoms with van der Waals surface area (Å²) in [5.41, 5.74) is 0. The van der Waals surface area contributed by atoms with Gasteiger partial charge in [-0.05, 0) is 19.3 Å². The van der Waals surface area contributed by atoms with Crippen LogP contribution in [0, 0.1) is 0 Å². The fourth-order valence-electron chi connectivity index (χ4n) is 2.45. The van der Waals surface area contributed by atoms with Crippen LogP contribution < -0.4 is 0 Å². The van der Waals surface area contributed by atoms with Gasteiger partial charge in [-0.2, -0.15) is 74.6 Å². The standard InChI is InChI=1S/C14H10F17NO3/c15-7(10(19,20)21,6(33)32-4-2-1-3-5-32)34-14(30,31)9(18,12(25,26)27)35-13(28,29)8(16,17)11(22,23)24/h1-5H2/t7-,9+/m1/s1. The minimum absolute atomic E-state index is 0.185. The van der Waals surface area contributed by atoms with Crippen molar-refractivity contribution in [3.05, 3.63) is 0 Å². The highest BCUT2D eigenvalue weighted by Crippen LogP contribution is 2.56. The molecule has 0 saturated carbocycles. The molecule has 1 amide bonds. The lowest BCUT2D eigenvalue weighted by atomic mass is 10.1. The monoisotopic (exact) mass is 563 g/mol. The van der Waals surface area contributed by atoms with E-state index >= 15 is 0 Å². The average molecular weight is 563 g/mol. The van der Waals surface area contributed by atoms with E-state index in [1.807, 2.05) is 4.74 Å². The Hall–Kier alpha value is -1.80. The molecule has 1 aliphatic rings. The van der Waals surface area contributed by atoms with Gasteiger partial charge in [-0.15, -0.1) is 0 Å². The second-order valence-corrected chi connectivity index (χ2v) is 6.85. The number of halogens is 17. The number of carbonyl (C=O) groups excluding carboxylic acids is 1. The van der Waals surface area contributed by atoms with Crippen LogP contribution in [0.4, 0.5) is 74.6 Å². The van der Waals surface area contributed by atoms with Crippen LogP contribution in [0.25, 0.3) is 0 Å². The van der Waals surface area contributed by atoms with E-state index in [-0.39, 0.29) is 24.2 Å². The largest absolute Gasteiger partial charge is 0.462 e. The van der Waals surface area contributed by atoms with Crippen LogP contribution in [0.15, 0.2) is 0 Å². The normalized spacial score (nSPS) is 20.9. The molecular weight excluding hydrogens is 553 g/mol. The van der Waals surface area contributed by atoms with Crippen LogP contribution in [0.1, 0.15) is 19.3 Å². The first-order chi connectivity index (χ1) is 15.2. The number of ether oxygens (including phenoxy) is 2. The van der Waals surface area contributed by atoms with Crippen LogP contribution in [0.2, 0.25) is 0 Å². The van der Waals surface area contributed by atoms with E-state index in [0.29, 0.717) is 0 Å². The summed E-state index contributed by atoms with van der Waals surface area (Å²) in [7, 11) is 0. The number of hydrogen-bond donors (Lipinski definition) is 0. The van der Waals surface area contributed by atoms with Gasteiger partial charge in [-0.3, -0.25) is 14.3 Å². The van der Waals surface area contributed by atoms with Gasteiger partial charge in [-0.25, -0.2) is 0 Å². The van der Waals surface area contributed by atoms with Crippen molar-refractivity contribution in [3.63, 3.8) is 0 Å². The van der Waals surface area contributed by atoms with E-state index in [1.54, 1.807) is 0 Å². The second-order valence-electron chi connectivity index (χ2n) is 6.85. The third-order valence-electron chi connectivity index (χ3n) is 4.28. The first kappa shape index (κ1) is 31.2. The molecule has 0 aromatic rings. The Morgan fingerprint density at radius 2 is 0.971 bits per heavy atom. The fourth-order valence-corrected chi connectivity index (χ4v) is 2.45. The molecule has 1 rings (SSSR count). The van der Waals surface area contributed by atoms with E-state index < -0.39 is 67.4 Å². The summed E-state index contributed by atoms with van der Waals surface area (Å²) in [6, 6.07) is 0. The SMILES string of the molecule is O=C(N1CCCCC1)[C@@](F)(OC(F)(F)[C@@](F)(OC(F)(F)C(F)(F)C(F)(F)F)C(F)(F)F)C(F)(F)F. The molecule has 35 heavy (non-hydrogen) atoms. The predicted molar refractivity (Wildman–Crippen MR) is 73.3 cm³/mol. The maximum absolute atomic E-state index is 14.4. The Labute approximate surface area is 181 Å². The topological polar surface area (TPSA) is 38.8 Å². The minimum Gasteiger partial charge on any atom is -0.337 e. The second kappa shape index (κ2) is 8.94. The van der Waals surface area contributed by atoms with Crippen molar-refractivity contribution in [3.8, 4) is 0 Å². The Kier molecular flexibility index (Phi) is 7.98. The fraction of sp³-hybridized carbons (Fsp3) is 0.929. The number of piperidine rings is 1. The van der Waals surface area contributed by atoms with Gasteiger partial charge in [0.25, 0.3) is 5.91 Å². The zero-order valence-electron chi connectivity index (χ0n) is 16.1. The third-order valence-corrected chi connectivity index (χ3v) is 4.28. The summed E-state index contributed by atoms with van der Waals surface area (Å²) in [5.74, 6) is -25.7. The summed E-state index contributed by atoms with van der Waals surface area (Å²) in [4.78, 5) is 11.6. The van der Waals surface area contributed by atoms with Gasteiger partial charge in [0.2, 0.25) is 0 Å². The number of nitrogens with zero attached hydrogens (tertiary/aromatic N) is 1. The highest BCUT2D eigenvalue weighted by molar-refractivity contribution is 5.84. The van der Waals surface area contributed by atoms with Crippen LogP contribution in [-0.4, -0.2) is 72.3 Å². The quantitative estimate of drug-likeness (QED) is 0.364. The molecule has 208 valence electrons. The van der Waals surface area contributed by atoms with Crippen LogP contribution >= 0.6 is 0 Å². The van der Waals surface area contributed by atoms with Crippen molar-refractivity contribution in [2.24, 2.45) is 0 Å². The smallest absolute Gasteiger partial charge is 0.337 e. The number of amides is 1. The molecule has 0 spiro atoms. The van der Waals surface area contributed by atoms with Gasteiger partial charge in [0.1, 0.15) is 0 Å². The molecule has 0 N–H and O–H groups in total. The molecule has 2 atom stereocenters. The molecule has 0 aliphatic carbocycles. The average Bonchev–Trinajstić information content (AvgIpc) is 2.64. The third kappa shape index (κ3) is 5.48. The van der Waals surface area contributed by atoms with Crippen molar-refractivity contribution in [2.45, 2.75) is 67.6 Å². The lowest BCUT2D eigenvalue weighted by Gasteiger charge is -2.41. The molecule has 0 unspecified atom stereocenters. The molecular formula is C14H10F17NO3. The lowest BCUT2D eigenvalue weighted by molar-refractivity contribution is -0.548. The highest BCUT2D eigenvalue weighted by Gasteiger charge is 2.85. The van der Waals surface area contributed by atoms with E-state index in [9.17, 15) is 79.4 Å². The van der Waals surface area contributed by atoms with Gasteiger partial charge in [0, 0.05) is 13.1 Å². The number of rotatable bonds is 7. The zero-order valence-corrected chi connectivity index (χ0v) is 16.1. The molecule has 0 radical (unpaired) electrons. The van der Waals surface area contributed by atoms with E-state index in [2.05, 4.69) is 0 Å². The number of hydrogen-bond acceptors (Lipinski definition) is 3. The maximum Gasteiger partial charge on any atom is 0.462 e. The molecule has 1 aliphatic heterocycles. The van der Waals surface area contributed by atoms with Gasteiger partial charge in [0.05, 0.1) is 0 Å². The number of likely N-dealkylation sites (tertiary alicyclic amines) is 1. The molecule has 0 bridgehead atoms. The van der Waals surface area contributed by atoms with E-state index in [1.165, 1.54) is 4.74 Å². The van der Waals surface area contributed by atoms with Crippen LogP contribution in [-0.2, 0) is 14.3 Å². The van der Waals surface area contributed by atoms with Crippen molar-refractivity contribution in [1.29, 1.82) is 0 Å². The van der Waals surface area contributed by atoms with Crippen molar-refractivity contribution in [1.82, 2.24) is 4.90 Å². The lowest BCUT2D eigenvalue weighted by Crippen LogP contribution is -2.69. The zero-order chi connectivity index (χ0) is 28.1. The molecule has 21 heteroatoms. The summed E-state index contributed by atoms with van der Waals surface area (Å²) < 4.78 is 225. The van der Waals surface area contributed by atoms with Gasteiger partial charge in [0.15, 0.2) is 0 Å². The van der Waals surface area contributed by atoms with Crippen molar-refractivity contribution in [2.75, 3.05) is 13.1 Å². The molecule has 4 nitrogen and oxygen atoms in total. The Balaban J connectivity index is 3.60. The van der Waals surface area contributed by atoms with Gasteiger partial charge >= 0.3 is 48.4 Å². The highest BCUT2D eigenvalue weighted by atomic mass is 19.4. The predicted octanol–water partition coefficient (Wildman–Crippen LogP) is 5.87. The number of carbonyl (C=O) groups is 1. The van der Waals surface area contributed by atoms with Crippen LogP contribution in [0.5, 0.6) is 0 Å². The van der Waals surface area contributed by atoms with E-state index in [4.69, 9.17) is 0 Å². The maximum atomic E-state index is 14.4. The van der Waals surface area contributed by atoms with Crippen molar-refractivity contribution >= 4 is 5.91 Å². The minimum atomic E-state index is -8.00. The summed E-state index contributed by atoms with van der Waals surface area (Å²) >= 11 is 0. The Bertz CT molecular complexity index is 769. The molecule has 0 aromatic heterocycles. The first-order valence-electron chi connectivity index (χ1n) is 8.59. The van der Waals surface area contributed by atoms with Gasteiger partial charge < -0.3 is 4.90 Å². The molecule has 1 fully saturated rings. The molecule has 1 saturated heterocycles.